The van der Waals surface area contributed by atoms with Crippen LogP contribution >= 0.6 is 0 Å². The Bertz CT molecular complexity index is 242. The van der Waals surface area contributed by atoms with E-state index in [2.05, 4.69) is 0 Å². The van der Waals surface area contributed by atoms with E-state index in [1.165, 1.54) is 0 Å². The van der Waals surface area contributed by atoms with Gasteiger partial charge in [-0.25, -0.2) is 19.2 Å². The summed E-state index contributed by atoms with van der Waals surface area (Å²) in [4.78, 5) is 44.8. The van der Waals surface area contributed by atoms with Crippen molar-refractivity contribution in [1.29, 1.82) is 0 Å². The number of carbonyl (C=O) groups is 5. The van der Waals surface area contributed by atoms with Crippen LogP contribution < -0.4 is 34.7 Å². The Kier molecular flexibility index (Phi) is 20.3. The van der Waals surface area contributed by atoms with Gasteiger partial charge in [-0.3, -0.25) is 0 Å². The van der Waals surface area contributed by atoms with Crippen molar-refractivity contribution in [3.05, 3.63) is 0 Å². The smallest absolute Gasteiger partial charge is 0.539 e. The van der Waals surface area contributed by atoms with E-state index in [9.17, 15) is 0 Å². The first kappa shape index (κ1) is 24.4. The van der Waals surface area contributed by atoms with Crippen molar-refractivity contribution in [3.63, 3.8) is 0 Å². The van der Waals surface area contributed by atoms with E-state index in [1.807, 2.05) is 0 Å². The molecule has 0 aliphatic rings. The van der Waals surface area contributed by atoms with Crippen LogP contribution in [0.3, 0.4) is 0 Å². The molecule has 0 spiro atoms. The average molecular weight is 264 g/mol. The minimum Gasteiger partial charge on any atom is -0.539 e. The predicted octanol–water partition coefficient (Wildman–Crippen LogP) is -5.80. The molecule has 0 unspecified atom stereocenters. The molecule has 0 rings (SSSR count). The van der Waals surface area contributed by atoms with Gasteiger partial charge in [-0.05, 0) is 0 Å². The topological polar surface area (TPSA) is 210 Å². The predicted molar refractivity (Wildman–Crippen MR) is 38.6 cm³/mol. The summed E-state index contributed by atoms with van der Waals surface area (Å²) in [6, 6.07) is 0. The molecule has 0 amide bonds. The summed E-state index contributed by atoms with van der Waals surface area (Å²) in [5.74, 6) is -7.66. The molecule has 0 heterocycles. The maximum Gasteiger partial charge on any atom is 1.00 e. The molecule has 0 aromatic heterocycles. The molecule has 0 atom stereocenters. The van der Waals surface area contributed by atoms with Gasteiger partial charge in [0.2, 0.25) is 0 Å². The van der Waals surface area contributed by atoms with Gasteiger partial charge in [-0.1, -0.05) is 0 Å². The Morgan fingerprint density at radius 1 is 0.647 bits per heavy atom. The number of rotatable bonds is 0. The first-order valence-electron chi connectivity index (χ1n) is 2.84. The molecular weight excluding hydrogens is 259 g/mol. The molecule has 17 heavy (non-hydrogen) atoms. The van der Waals surface area contributed by atoms with Crippen molar-refractivity contribution in [1.82, 2.24) is 0 Å². The molecule has 5 N–H and O–H groups in total. The van der Waals surface area contributed by atoms with E-state index in [0.29, 0.717) is 0 Å². The number of carboxylic acid groups (broad SMARTS) is 6. The van der Waals surface area contributed by atoms with Gasteiger partial charge in [-0.2, -0.15) is 0 Å². The summed E-state index contributed by atoms with van der Waals surface area (Å²) < 4.78 is 0. The van der Waals surface area contributed by atoms with Crippen LogP contribution in [-0.4, -0.2) is 55.6 Å². The van der Waals surface area contributed by atoms with Crippen LogP contribution in [0.1, 0.15) is 0 Å². The SMILES string of the molecule is O=C(O)C(=O)O.O=C(O)O.O=C([O-])C(=O)O.[Na+]. The van der Waals surface area contributed by atoms with Crippen molar-refractivity contribution < 1.29 is 84.2 Å². The summed E-state index contributed by atoms with van der Waals surface area (Å²) >= 11 is 0. The molecule has 0 aliphatic heterocycles. The standard InChI is InChI=1S/2C2H2O4.CH2O3.Na/c2*3-1(4)2(5)6;2-1(3)4;/h2*(H,3,4)(H,5,6);(H2,2,3,4);/q;;;+1/p-1. The monoisotopic (exact) mass is 264 g/mol. The zero-order valence-corrected chi connectivity index (χ0v) is 10.2. The van der Waals surface area contributed by atoms with Gasteiger partial charge < -0.3 is 35.4 Å². The van der Waals surface area contributed by atoms with Crippen molar-refractivity contribution in [2.75, 3.05) is 0 Å². The van der Waals surface area contributed by atoms with Crippen LogP contribution in [-0.2, 0) is 19.2 Å². The van der Waals surface area contributed by atoms with E-state index in [0.717, 1.165) is 0 Å². The molecule has 0 aromatic rings. The van der Waals surface area contributed by atoms with Crippen LogP contribution in [0.4, 0.5) is 4.79 Å². The van der Waals surface area contributed by atoms with Crippen LogP contribution in [0, 0.1) is 0 Å². The fourth-order valence-electron chi connectivity index (χ4n) is 0. The summed E-state index contributed by atoms with van der Waals surface area (Å²) in [7, 11) is 0. The third-order valence-corrected chi connectivity index (χ3v) is 0.358. The van der Waals surface area contributed by atoms with E-state index in [4.69, 9.17) is 54.6 Å². The van der Waals surface area contributed by atoms with Crippen molar-refractivity contribution in [2.45, 2.75) is 0 Å². The average Bonchev–Trinajstić information content (AvgIpc) is 2.03. The van der Waals surface area contributed by atoms with Crippen LogP contribution in [0.25, 0.3) is 0 Å². The fourth-order valence-corrected chi connectivity index (χ4v) is 0. The normalized spacial score (nSPS) is 6.59. The van der Waals surface area contributed by atoms with E-state index >= 15 is 0 Å². The molecule has 0 fully saturated rings. The van der Waals surface area contributed by atoms with Crippen molar-refractivity contribution in [3.8, 4) is 0 Å². The maximum absolute atomic E-state index is 9.10. The minimum atomic E-state index is -2.07. The summed E-state index contributed by atoms with van der Waals surface area (Å²) in [5.41, 5.74) is 0. The molecule has 0 radical (unpaired) electrons. The number of carbonyl (C=O) groups excluding carboxylic acids is 1. The minimum absolute atomic E-state index is 0. The molecule has 11 nitrogen and oxygen atoms in total. The van der Waals surface area contributed by atoms with Crippen LogP contribution in [0.15, 0.2) is 0 Å². The Labute approximate surface area is 114 Å². The molecule has 0 bridgehead atoms. The zero-order chi connectivity index (χ0) is 13.9. The van der Waals surface area contributed by atoms with Crippen molar-refractivity contribution in [2.24, 2.45) is 0 Å². The van der Waals surface area contributed by atoms with Gasteiger partial charge in [0.1, 0.15) is 0 Å². The van der Waals surface area contributed by atoms with Gasteiger partial charge in [0.15, 0.2) is 5.97 Å². The van der Waals surface area contributed by atoms with Gasteiger partial charge >= 0.3 is 53.6 Å². The van der Waals surface area contributed by atoms with Crippen LogP contribution in [0.2, 0.25) is 0 Å². The molecule has 0 aliphatic carbocycles. The fraction of sp³-hybridized carbons (Fsp3) is 0. The molecular formula is C5H5NaO11. The summed E-state index contributed by atoms with van der Waals surface area (Å²) in [6.45, 7) is 0. The Morgan fingerprint density at radius 3 is 0.765 bits per heavy atom. The zero-order valence-electron chi connectivity index (χ0n) is 8.19. The maximum atomic E-state index is 9.10. The van der Waals surface area contributed by atoms with E-state index < -0.39 is 30.0 Å². The summed E-state index contributed by atoms with van der Waals surface area (Å²) in [6.07, 6.45) is -1.83. The van der Waals surface area contributed by atoms with Gasteiger partial charge in [0.05, 0.1) is 0 Å². The molecule has 0 saturated carbocycles. The first-order chi connectivity index (χ1) is 7.02. The third-order valence-electron chi connectivity index (χ3n) is 0.358. The van der Waals surface area contributed by atoms with Crippen molar-refractivity contribution >= 4 is 30.0 Å². The molecule has 0 saturated heterocycles. The van der Waals surface area contributed by atoms with Crippen LogP contribution in [0.5, 0.6) is 0 Å². The molecule has 12 heteroatoms. The first-order valence-corrected chi connectivity index (χ1v) is 2.84. The Balaban J connectivity index is -0.0000000741. The Morgan fingerprint density at radius 2 is 0.765 bits per heavy atom. The second-order valence-corrected chi connectivity index (χ2v) is 1.49. The van der Waals surface area contributed by atoms with Gasteiger partial charge in [-0.15, -0.1) is 0 Å². The van der Waals surface area contributed by atoms with Gasteiger partial charge in [0, 0.05) is 0 Å². The second-order valence-electron chi connectivity index (χ2n) is 1.49. The molecule has 92 valence electrons. The third kappa shape index (κ3) is 55.2. The Hall–Kier alpha value is -1.85. The number of hydrogen-bond acceptors (Lipinski definition) is 6. The second kappa shape index (κ2) is 14.1. The van der Waals surface area contributed by atoms with Gasteiger partial charge in [0.25, 0.3) is 0 Å². The van der Waals surface area contributed by atoms with E-state index in [-0.39, 0.29) is 29.6 Å². The quantitative estimate of drug-likeness (QED) is 0.205. The molecule has 0 aromatic carbocycles. The largest absolute Gasteiger partial charge is 1.00 e. The number of aliphatic carboxylic acids is 4. The number of carboxylic acids is 4. The number of hydrogen-bond donors (Lipinski definition) is 5. The summed E-state index contributed by atoms with van der Waals surface area (Å²) in [5, 5.41) is 45.0. The van der Waals surface area contributed by atoms with E-state index in [1.54, 1.807) is 0 Å².